The lowest BCUT2D eigenvalue weighted by Gasteiger charge is -2.09. The first-order valence-corrected chi connectivity index (χ1v) is 7.58. The molecule has 122 valence electrons. The second-order valence-corrected chi connectivity index (χ2v) is 5.74. The second-order valence-electron chi connectivity index (χ2n) is 5.74. The number of aliphatic carboxylic acids is 1. The molecule has 0 atom stereocenters. The molecule has 0 radical (unpaired) electrons. The minimum absolute atomic E-state index is 0.132. The van der Waals surface area contributed by atoms with Crippen LogP contribution in [0.25, 0.3) is 10.9 Å². The van der Waals surface area contributed by atoms with Crippen molar-refractivity contribution >= 4 is 22.8 Å². The van der Waals surface area contributed by atoms with Gasteiger partial charge in [-0.1, -0.05) is 30.3 Å². The molecule has 0 amide bonds. The van der Waals surface area contributed by atoms with Crippen LogP contribution in [0.5, 0.6) is 0 Å². The summed E-state index contributed by atoms with van der Waals surface area (Å²) in [5, 5.41) is 19.1. The quantitative estimate of drug-likeness (QED) is 0.755. The number of nitrogens with zero attached hydrogens (tertiary/aromatic N) is 1. The van der Waals surface area contributed by atoms with Crippen LogP contribution >= 0.6 is 0 Å². The van der Waals surface area contributed by atoms with E-state index in [4.69, 9.17) is 0 Å². The van der Waals surface area contributed by atoms with Crippen molar-refractivity contribution in [3.05, 3.63) is 70.9 Å². The Balaban J connectivity index is 2.19. The number of benzene rings is 2. The molecule has 0 unspecified atom stereocenters. The maximum atomic E-state index is 11.2. The third-order valence-electron chi connectivity index (χ3n) is 4.21. The Labute approximate surface area is 138 Å². The van der Waals surface area contributed by atoms with E-state index in [0.717, 1.165) is 16.8 Å². The summed E-state index contributed by atoms with van der Waals surface area (Å²) in [6, 6.07) is 14.7. The third-order valence-corrected chi connectivity index (χ3v) is 4.21. The third kappa shape index (κ3) is 2.88. The summed E-state index contributed by atoms with van der Waals surface area (Å²) >= 11 is 0. The molecule has 0 spiro atoms. The fourth-order valence-electron chi connectivity index (χ4n) is 3.03. The van der Waals surface area contributed by atoms with Crippen LogP contribution in [0.3, 0.4) is 0 Å². The van der Waals surface area contributed by atoms with Crippen LogP contribution < -0.4 is 0 Å². The van der Waals surface area contributed by atoms with Crippen molar-refractivity contribution in [2.45, 2.75) is 19.9 Å². The molecule has 0 saturated carbocycles. The maximum Gasteiger partial charge on any atom is 0.335 e. The molecule has 1 aromatic heterocycles. The first-order valence-electron chi connectivity index (χ1n) is 7.58. The van der Waals surface area contributed by atoms with E-state index in [-0.39, 0.29) is 12.0 Å². The minimum atomic E-state index is -1.02. The van der Waals surface area contributed by atoms with Crippen molar-refractivity contribution in [3.63, 3.8) is 0 Å². The van der Waals surface area contributed by atoms with Gasteiger partial charge >= 0.3 is 11.9 Å². The van der Waals surface area contributed by atoms with Gasteiger partial charge in [-0.15, -0.1) is 0 Å². The molecule has 0 aliphatic heterocycles. The SMILES string of the molecule is Cc1c(CC(=O)O)c2cc(C(=O)O)ccc2n1Cc1ccccc1. The van der Waals surface area contributed by atoms with Crippen LogP contribution in [0.1, 0.15) is 27.2 Å². The van der Waals surface area contributed by atoms with Gasteiger partial charge < -0.3 is 14.8 Å². The van der Waals surface area contributed by atoms with E-state index in [1.54, 1.807) is 18.2 Å². The van der Waals surface area contributed by atoms with Crippen molar-refractivity contribution in [1.29, 1.82) is 0 Å². The van der Waals surface area contributed by atoms with Gasteiger partial charge in [0.15, 0.2) is 0 Å². The number of aromatic carboxylic acids is 1. The number of fused-ring (bicyclic) bond motifs is 1. The largest absolute Gasteiger partial charge is 0.481 e. The highest BCUT2D eigenvalue weighted by Gasteiger charge is 2.18. The number of carboxylic acids is 2. The fraction of sp³-hybridized carbons (Fsp3) is 0.158. The summed E-state index contributed by atoms with van der Waals surface area (Å²) in [5.41, 5.74) is 3.61. The first-order chi connectivity index (χ1) is 11.5. The van der Waals surface area contributed by atoms with Crippen molar-refractivity contribution in [2.75, 3.05) is 0 Å². The van der Waals surface area contributed by atoms with Crippen LogP contribution in [0, 0.1) is 6.92 Å². The molecule has 3 aromatic rings. The van der Waals surface area contributed by atoms with Gasteiger partial charge in [0.1, 0.15) is 0 Å². The highest BCUT2D eigenvalue weighted by Crippen LogP contribution is 2.28. The predicted molar refractivity (Wildman–Crippen MR) is 90.5 cm³/mol. The minimum Gasteiger partial charge on any atom is -0.481 e. The van der Waals surface area contributed by atoms with Crippen LogP contribution in [-0.2, 0) is 17.8 Å². The molecule has 0 fully saturated rings. The number of carboxylic acid groups (broad SMARTS) is 2. The molecule has 2 N–H and O–H groups in total. The van der Waals surface area contributed by atoms with Crippen molar-refractivity contribution in [2.24, 2.45) is 0 Å². The average Bonchev–Trinajstić information content (AvgIpc) is 2.80. The summed E-state index contributed by atoms with van der Waals surface area (Å²) in [4.78, 5) is 22.5. The molecular formula is C19H17NO4. The maximum absolute atomic E-state index is 11.2. The smallest absolute Gasteiger partial charge is 0.335 e. The van der Waals surface area contributed by atoms with Crippen LogP contribution in [0.2, 0.25) is 0 Å². The first kappa shape index (κ1) is 15.8. The Kier molecular flexibility index (Phi) is 4.08. The summed E-state index contributed by atoms with van der Waals surface area (Å²) in [6.07, 6.45) is -0.132. The number of hydrogen-bond acceptors (Lipinski definition) is 2. The van der Waals surface area contributed by atoms with E-state index in [2.05, 4.69) is 0 Å². The Morgan fingerprint density at radius 1 is 1.04 bits per heavy atom. The Hall–Kier alpha value is -3.08. The zero-order chi connectivity index (χ0) is 17.3. The van der Waals surface area contributed by atoms with Gasteiger partial charge in [-0.3, -0.25) is 4.79 Å². The molecule has 2 aromatic carbocycles. The molecule has 0 saturated heterocycles. The standard InChI is InChI=1S/C19H17NO4/c1-12-15(10-18(21)22)16-9-14(19(23)24)7-8-17(16)20(12)11-13-5-3-2-4-6-13/h2-9H,10-11H2,1H3,(H,21,22)(H,23,24). The van der Waals surface area contributed by atoms with Gasteiger partial charge in [0.05, 0.1) is 12.0 Å². The van der Waals surface area contributed by atoms with Gasteiger partial charge in [0.2, 0.25) is 0 Å². The van der Waals surface area contributed by atoms with E-state index in [0.29, 0.717) is 17.5 Å². The number of carbonyl (C=O) groups is 2. The fourth-order valence-corrected chi connectivity index (χ4v) is 3.03. The molecular weight excluding hydrogens is 306 g/mol. The van der Waals surface area contributed by atoms with E-state index in [1.807, 2.05) is 41.8 Å². The van der Waals surface area contributed by atoms with Gasteiger partial charge in [-0.25, -0.2) is 4.79 Å². The Morgan fingerprint density at radius 3 is 2.38 bits per heavy atom. The summed E-state index contributed by atoms with van der Waals surface area (Å²) < 4.78 is 2.04. The average molecular weight is 323 g/mol. The lowest BCUT2D eigenvalue weighted by atomic mass is 10.1. The normalized spacial score (nSPS) is 10.9. The van der Waals surface area contributed by atoms with Crippen molar-refractivity contribution in [3.8, 4) is 0 Å². The zero-order valence-electron chi connectivity index (χ0n) is 13.2. The molecule has 24 heavy (non-hydrogen) atoms. The molecule has 3 rings (SSSR count). The van der Waals surface area contributed by atoms with Crippen molar-refractivity contribution < 1.29 is 19.8 Å². The Bertz CT molecular complexity index is 925. The summed E-state index contributed by atoms with van der Waals surface area (Å²) in [7, 11) is 0. The van der Waals surface area contributed by atoms with Gasteiger partial charge in [-0.2, -0.15) is 0 Å². The molecule has 5 heteroatoms. The summed E-state index contributed by atoms with van der Waals surface area (Å²) in [5.74, 6) is -1.95. The highest BCUT2D eigenvalue weighted by molar-refractivity contribution is 5.96. The molecule has 1 heterocycles. The van der Waals surface area contributed by atoms with Gasteiger partial charge in [-0.05, 0) is 36.2 Å². The highest BCUT2D eigenvalue weighted by atomic mass is 16.4. The van der Waals surface area contributed by atoms with E-state index in [9.17, 15) is 19.8 Å². The summed E-state index contributed by atoms with van der Waals surface area (Å²) in [6.45, 7) is 2.48. The zero-order valence-corrected chi connectivity index (χ0v) is 13.2. The van der Waals surface area contributed by atoms with Crippen LogP contribution in [0.15, 0.2) is 48.5 Å². The lowest BCUT2D eigenvalue weighted by Crippen LogP contribution is -2.05. The lowest BCUT2D eigenvalue weighted by molar-refractivity contribution is -0.136. The molecule has 5 nitrogen and oxygen atoms in total. The molecule has 0 aliphatic rings. The second kappa shape index (κ2) is 6.20. The van der Waals surface area contributed by atoms with E-state index in [1.165, 1.54) is 0 Å². The number of aromatic nitrogens is 1. The van der Waals surface area contributed by atoms with Crippen LogP contribution in [-0.4, -0.2) is 26.7 Å². The van der Waals surface area contributed by atoms with E-state index < -0.39 is 11.9 Å². The van der Waals surface area contributed by atoms with E-state index >= 15 is 0 Å². The van der Waals surface area contributed by atoms with Crippen molar-refractivity contribution in [1.82, 2.24) is 4.57 Å². The van der Waals surface area contributed by atoms with Gasteiger partial charge in [0.25, 0.3) is 0 Å². The Morgan fingerprint density at radius 2 is 1.75 bits per heavy atom. The van der Waals surface area contributed by atoms with Crippen LogP contribution in [0.4, 0.5) is 0 Å². The van der Waals surface area contributed by atoms with Gasteiger partial charge in [0, 0.05) is 23.1 Å². The number of rotatable bonds is 5. The molecule has 0 bridgehead atoms. The number of hydrogen-bond donors (Lipinski definition) is 2. The predicted octanol–water partition coefficient (Wildman–Crippen LogP) is 3.32. The monoisotopic (exact) mass is 323 g/mol. The molecule has 0 aliphatic carbocycles. The topological polar surface area (TPSA) is 79.5 Å².